The summed E-state index contributed by atoms with van der Waals surface area (Å²) in [7, 11) is 0. The van der Waals surface area contributed by atoms with Crippen molar-refractivity contribution in [3.63, 3.8) is 0 Å². The molecule has 1 aromatic carbocycles. The van der Waals surface area contributed by atoms with Crippen LogP contribution < -0.4 is 15.4 Å². The molecule has 0 saturated carbocycles. The van der Waals surface area contributed by atoms with Gasteiger partial charge in [-0.2, -0.15) is 13.2 Å². The molecule has 0 spiro atoms. The molecule has 0 amide bonds. The topological polar surface area (TPSA) is 69.1 Å². The highest BCUT2D eigenvalue weighted by atomic mass is 19.4. The molecule has 0 radical (unpaired) electrons. The fourth-order valence-electron chi connectivity index (χ4n) is 3.40. The van der Waals surface area contributed by atoms with Crippen molar-refractivity contribution in [3.8, 4) is 5.75 Å². The number of aliphatic imine (C=N–C) groups is 1. The number of alkyl halides is 3. The van der Waals surface area contributed by atoms with E-state index in [0.29, 0.717) is 18.5 Å². The molecule has 9 heteroatoms. The molecular formula is C22H35F3N4O2. The predicted molar refractivity (Wildman–Crippen MR) is 116 cm³/mol. The van der Waals surface area contributed by atoms with Crippen LogP contribution >= 0.6 is 0 Å². The highest BCUT2D eigenvalue weighted by molar-refractivity contribution is 5.80. The predicted octanol–water partition coefficient (Wildman–Crippen LogP) is 3.26. The molecule has 0 aromatic heterocycles. The number of rotatable bonds is 10. The Morgan fingerprint density at radius 2 is 2.03 bits per heavy atom. The third kappa shape index (κ3) is 9.35. The SMILES string of the molecule is CCCCN1CCC(NC(=NCC(O)COc2cccc(C(F)(F)F)c2)NCC)CC1. The number of nitrogens with zero attached hydrogens (tertiary/aromatic N) is 2. The Bertz CT molecular complexity index is 677. The van der Waals surface area contributed by atoms with Crippen LogP contribution in [0.25, 0.3) is 0 Å². The Labute approximate surface area is 182 Å². The highest BCUT2D eigenvalue weighted by Crippen LogP contribution is 2.31. The van der Waals surface area contributed by atoms with Crippen LogP contribution in [0.1, 0.15) is 45.1 Å². The zero-order valence-electron chi connectivity index (χ0n) is 18.4. The average Bonchev–Trinajstić information content (AvgIpc) is 2.75. The molecule has 1 aliphatic heterocycles. The van der Waals surface area contributed by atoms with E-state index in [1.54, 1.807) is 0 Å². The summed E-state index contributed by atoms with van der Waals surface area (Å²) in [5.41, 5.74) is -0.781. The van der Waals surface area contributed by atoms with E-state index in [-0.39, 0.29) is 18.9 Å². The van der Waals surface area contributed by atoms with Gasteiger partial charge in [0.15, 0.2) is 5.96 Å². The lowest BCUT2D eigenvalue weighted by atomic mass is 10.0. The number of guanidine groups is 1. The molecule has 0 aliphatic carbocycles. The van der Waals surface area contributed by atoms with Gasteiger partial charge in [0.1, 0.15) is 18.5 Å². The maximum Gasteiger partial charge on any atom is 0.416 e. The lowest BCUT2D eigenvalue weighted by molar-refractivity contribution is -0.137. The van der Waals surface area contributed by atoms with Gasteiger partial charge in [-0.15, -0.1) is 0 Å². The lowest BCUT2D eigenvalue weighted by Crippen LogP contribution is -2.49. The van der Waals surface area contributed by atoms with Crippen molar-refractivity contribution < 1.29 is 23.0 Å². The van der Waals surface area contributed by atoms with Crippen molar-refractivity contribution in [2.45, 2.75) is 57.9 Å². The summed E-state index contributed by atoms with van der Waals surface area (Å²) >= 11 is 0. The Hall–Kier alpha value is -2.00. The van der Waals surface area contributed by atoms with E-state index >= 15 is 0 Å². The minimum Gasteiger partial charge on any atom is -0.491 e. The van der Waals surface area contributed by atoms with Crippen molar-refractivity contribution in [2.75, 3.05) is 39.3 Å². The number of nitrogens with one attached hydrogen (secondary N) is 2. The summed E-state index contributed by atoms with van der Waals surface area (Å²) in [6.45, 7) is 8.08. The number of aliphatic hydroxyl groups is 1. The number of hydrogen-bond donors (Lipinski definition) is 3. The number of halogens is 3. The van der Waals surface area contributed by atoms with Crippen molar-refractivity contribution >= 4 is 5.96 Å². The summed E-state index contributed by atoms with van der Waals surface area (Å²) in [6.07, 6.45) is -0.857. The van der Waals surface area contributed by atoms with Crippen molar-refractivity contribution in [2.24, 2.45) is 4.99 Å². The summed E-state index contributed by atoms with van der Waals surface area (Å²) < 4.78 is 43.7. The van der Waals surface area contributed by atoms with Gasteiger partial charge < -0.3 is 25.4 Å². The maximum absolute atomic E-state index is 12.8. The lowest BCUT2D eigenvalue weighted by Gasteiger charge is -2.33. The van der Waals surface area contributed by atoms with Crippen LogP contribution in [0.3, 0.4) is 0 Å². The molecule has 1 fully saturated rings. The van der Waals surface area contributed by atoms with E-state index in [0.717, 1.165) is 44.6 Å². The number of hydrogen-bond acceptors (Lipinski definition) is 4. The monoisotopic (exact) mass is 444 g/mol. The molecule has 176 valence electrons. The Kier molecular flexibility index (Phi) is 10.4. The zero-order chi connectivity index (χ0) is 22.7. The molecule has 6 nitrogen and oxygen atoms in total. The number of piperidine rings is 1. The molecule has 31 heavy (non-hydrogen) atoms. The van der Waals surface area contributed by atoms with E-state index in [9.17, 15) is 18.3 Å². The van der Waals surface area contributed by atoms with E-state index < -0.39 is 17.8 Å². The average molecular weight is 445 g/mol. The quantitative estimate of drug-likeness (QED) is 0.382. The van der Waals surface area contributed by atoms with Gasteiger partial charge >= 0.3 is 6.18 Å². The highest BCUT2D eigenvalue weighted by Gasteiger charge is 2.30. The van der Waals surface area contributed by atoms with Crippen LogP contribution in [0, 0.1) is 0 Å². The Morgan fingerprint density at radius 1 is 1.29 bits per heavy atom. The number of aliphatic hydroxyl groups excluding tert-OH is 1. The van der Waals surface area contributed by atoms with Gasteiger partial charge in [0.05, 0.1) is 12.1 Å². The molecular weight excluding hydrogens is 409 g/mol. The van der Waals surface area contributed by atoms with Crippen LogP contribution in [-0.2, 0) is 6.18 Å². The molecule has 1 heterocycles. The van der Waals surface area contributed by atoms with Crippen molar-refractivity contribution in [1.29, 1.82) is 0 Å². The second-order valence-corrected chi connectivity index (χ2v) is 7.82. The number of likely N-dealkylation sites (tertiary alicyclic amines) is 1. The largest absolute Gasteiger partial charge is 0.491 e. The smallest absolute Gasteiger partial charge is 0.416 e. The number of unbranched alkanes of at least 4 members (excludes halogenated alkanes) is 1. The van der Waals surface area contributed by atoms with Crippen LogP contribution in [0.2, 0.25) is 0 Å². The van der Waals surface area contributed by atoms with E-state index in [2.05, 4.69) is 27.4 Å². The van der Waals surface area contributed by atoms with Crippen LogP contribution in [0.4, 0.5) is 13.2 Å². The first-order valence-electron chi connectivity index (χ1n) is 11.1. The van der Waals surface area contributed by atoms with Crippen molar-refractivity contribution in [1.82, 2.24) is 15.5 Å². The summed E-state index contributed by atoms with van der Waals surface area (Å²) in [4.78, 5) is 6.90. The van der Waals surface area contributed by atoms with Crippen molar-refractivity contribution in [3.05, 3.63) is 29.8 Å². The van der Waals surface area contributed by atoms with E-state index in [4.69, 9.17) is 4.74 Å². The van der Waals surface area contributed by atoms with Gasteiger partial charge in [-0.1, -0.05) is 19.4 Å². The molecule has 1 unspecified atom stereocenters. The third-order valence-corrected chi connectivity index (χ3v) is 5.16. The first-order chi connectivity index (χ1) is 14.8. The summed E-state index contributed by atoms with van der Waals surface area (Å²) in [5.74, 6) is 0.699. The second-order valence-electron chi connectivity index (χ2n) is 7.82. The van der Waals surface area contributed by atoms with Gasteiger partial charge in [-0.05, 0) is 50.9 Å². The first kappa shape index (κ1) is 25.3. The zero-order valence-corrected chi connectivity index (χ0v) is 18.4. The van der Waals surface area contributed by atoms with Gasteiger partial charge in [0.25, 0.3) is 0 Å². The maximum atomic E-state index is 12.8. The molecule has 3 N–H and O–H groups in total. The van der Waals surface area contributed by atoms with Crippen LogP contribution in [0.15, 0.2) is 29.3 Å². The fraction of sp³-hybridized carbons (Fsp3) is 0.682. The normalized spacial score (nSPS) is 17.4. The first-order valence-corrected chi connectivity index (χ1v) is 11.1. The van der Waals surface area contributed by atoms with Crippen LogP contribution in [-0.4, -0.2) is 67.4 Å². The number of ether oxygens (including phenoxy) is 1. The van der Waals surface area contributed by atoms with Gasteiger partial charge in [-0.3, -0.25) is 4.99 Å². The van der Waals surface area contributed by atoms with Gasteiger partial charge in [-0.25, -0.2) is 0 Å². The minimum absolute atomic E-state index is 0.0673. The molecule has 1 atom stereocenters. The molecule has 0 bridgehead atoms. The van der Waals surface area contributed by atoms with E-state index in [1.807, 2.05) is 6.92 Å². The van der Waals surface area contributed by atoms with E-state index in [1.165, 1.54) is 25.0 Å². The summed E-state index contributed by atoms with van der Waals surface area (Å²) in [5, 5.41) is 16.8. The van der Waals surface area contributed by atoms with Gasteiger partial charge in [0.2, 0.25) is 0 Å². The summed E-state index contributed by atoms with van der Waals surface area (Å²) in [6, 6.07) is 4.95. The molecule has 1 saturated heterocycles. The second kappa shape index (κ2) is 12.8. The molecule has 1 aromatic rings. The standard InChI is InChI=1S/C22H35F3N4O2/c1-3-5-11-29-12-9-18(10-13-29)28-21(26-4-2)27-15-19(30)16-31-20-8-6-7-17(14-20)22(23,24)25/h6-8,14,18-19,30H,3-5,9-13,15-16H2,1-2H3,(H2,26,27,28). The Balaban J connectivity index is 1.79. The Morgan fingerprint density at radius 3 is 2.68 bits per heavy atom. The third-order valence-electron chi connectivity index (χ3n) is 5.16. The van der Waals surface area contributed by atoms with Gasteiger partial charge in [0, 0.05) is 25.7 Å². The fourth-order valence-corrected chi connectivity index (χ4v) is 3.40. The molecule has 1 aliphatic rings. The number of benzene rings is 1. The van der Waals surface area contributed by atoms with Crippen LogP contribution in [0.5, 0.6) is 5.75 Å². The minimum atomic E-state index is -4.43. The molecule has 2 rings (SSSR count).